The van der Waals surface area contributed by atoms with Gasteiger partial charge in [-0.3, -0.25) is 0 Å². The minimum Gasteiger partial charge on any atom is -0.393 e. The third-order valence-electron chi connectivity index (χ3n) is 5.08. The van der Waals surface area contributed by atoms with Crippen LogP contribution >= 0.6 is 0 Å². The minimum atomic E-state index is -0.0939. The molecule has 0 spiro atoms. The normalized spacial score (nSPS) is 37.1. The summed E-state index contributed by atoms with van der Waals surface area (Å²) in [5.74, 6) is 0.691. The molecule has 0 heterocycles. The van der Waals surface area contributed by atoms with Gasteiger partial charge in [-0.1, -0.05) is 44.1 Å². The van der Waals surface area contributed by atoms with Gasteiger partial charge in [0.15, 0.2) is 0 Å². The molecule has 18 heavy (non-hydrogen) atoms. The lowest BCUT2D eigenvalue weighted by Crippen LogP contribution is -2.27. The van der Waals surface area contributed by atoms with Crippen LogP contribution in [0.4, 0.5) is 0 Å². The molecule has 2 saturated carbocycles. The predicted molar refractivity (Wildman–Crippen MR) is 77.4 cm³/mol. The maximum Gasteiger partial charge on any atom is 0.0577 e. The fraction of sp³-hybridized carbons (Fsp3) is 0.765. The highest BCUT2D eigenvalue weighted by Crippen LogP contribution is 2.43. The molecular weight excluding hydrogens is 220 g/mol. The smallest absolute Gasteiger partial charge is 0.0577 e. The van der Waals surface area contributed by atoms with Crippen LogP contribution in [0.1, 0.15) is 65.7 Å². The van der Waals surface area contributed by atoms with E-state index >= 15 is 0 Å². The van der Waals surface area contributed by atoms with Crippen LogP contribution in [0.15, 0.2) is 23.3 Å². The summed E-state index contributed by atoms with van der Waals surface area (Å²) < 4.78 is 0. The lowest BCUT2D eigenvalue weighted by Gasteiger charge is -2.38. The van der Waals surface area contributed by atoms with Gasteiger partial charge >= 0.3 is 0 Å². The third-order valence-corrected chi connectivity index (χ3v) is 5.08. The van der Waals surface area contributed by atoms with Crippen LogP contribution in [0.25, 0.3) is 0 Å². The molecule has 2 aliphatic rings. The standard InChI is InChI=1S/C17H28O/c1-13-15(7-5-11-17(13,2)3)10-9-14-6-4-8-16(18)12-14/h9-10,13,16,18H,4-8,11-12H2,1-3H3/b14-9-,15-10+/t13?,16-/m0/s1. The Morgan fingerprint density at radius 2 is 1.94 bits per heavy atom. The first-order valence-corrected chi connectivity index (χ1v) is 7.55. The Morgan fingerprint density at radius 3 is 2.67 bits per heavy atom. The molecule has 2 fully saturated rings. The number of hydrogen-bond acceptors (Lipinski definition) is 1. The first-order chi connectivity index (χ1) is 8.49. The molecule has 0 aliphatic heterocycles. The summed E-state index contributed by atoms with van der Waals surface area (Å²) in [6, 6.07) is 0. The van der Waals surface area contributed by atoms with Crippen molar-refractivity contribution in [2.45, 2.75) is 71.8 Å². The van der Waals surface area contributed by atoms with E-state index in [9.17, 15) is 5.11 Å². The summed E-state index contributed by atoms with van der Waals surface area (Å²) in [5.41, 5.74) is 3.50. The largest absolute Gasteiger partial charge is 0.393 e. The number of allylic oxidation sites excluding steroid dienone is 3. The predicted octanol–water partition coefficient (Wildman–Crippen LogP) is 4.62. The molecule has 0 amide bonds. The molecule has 1 heteroatoms. The molecule has 2 aliphatic carbocycles. The monoisotopic (exact) mass is 248 g/mol. The summed E-state index contributed by atoms with van der Waals surface area (Å²) in [6.07, 6.45) is 12.7. The Labute approximate surface area is 112 Å². The van der Waals surface area contributed by atoms with Gasteiger partial charge in [-0.25, -0.2) is 0 Å². The fourth-order valence-electron chi connectivity index (χ4n) is 3.36. The van der Waals surface area contributed by atoms with E-state index in [1.807, 2.05) is 0 Å². The number of aliphatic hydroxyl groups is 1. The van der Waals surface area contributed by atoms with Crippen LogP contribution in [0.2, 0.25) is 0 Å². The summed E-state index contributed by atoms with van der Waals surface area (Å²) >= 11 is 0. The van der Waals surface area contributed by atoms with Crippen LogP contribution < -0.4 is 0 Å². The second-order valence-electron chi connectivity index (χ2n) is 6.88. The summed E-state index contributed by atoms with van der Waals surface area (Å²) in [6.45, 7) is 7.16. The van der Waals surface area contributed by atoms with Crippen molar-refractivity contribution in [2.75, 3.05) is 0 Å². The van der Waals surface area contributed by atoms with Gasteiger partial charge in [0.05, 0.1) is 6.10 Å². The van der Waals surface area contributed by atoms with Gasteiger partial charge in [0.1, 0.15) is 0 Å². The van der Waals surface area contributed by atoms with Crippen molar-refractivity contribution in [3.63, 3.8) is 0 Å². The highest BCUT2D eigenvalue weighted by atomic mass is 16.3. The van der Waals surface area contributed by atoms with E-state index in [0.29, 0.717) is 11.3 Å². The molecular formula is C17H28O. The van der Waals surface area contributed by atoms with E-state index < -0.39 is 0 Å². The average molecular weight is 248 g/mol. The van der Waals surface area contributed by atoms with Gasteiger partial charge < -0.3 is 5.11 Å². The topological polar surface area (TPSA) is 20.2 Å². The molecule has 0 aromatic heterocycles. The van der Waals surface area contributed by atoms with Crippen molar-refractivity contribution in [3.05, 3.63) is 23.3 Å². The van der Waals surface area contributed by atoms with Gasteiger partial charge in [-0.15, -0.1) is 0 Å². The molecule has 0 aromatic rings. The van der Waals surface area contributed by atoms with Crippen LogP contribution in [-0.2, 0) is 0 Å². The van der Waals surface area contributed by atoms with E-state index in [4.69, 9.17) is 0 Å². The SMILES string of the molecule is CC1/C(=C/C=C2/CCC[C@H](O)C2)CCCC1(C)C. The zero-order valence-corrected chi connectivity index (χ0v) is 12.2. The lowest BCUT2D eigenvalue weighted by molar-refractivity contribution is 0.149. The van der Waals surface area contributed by atoms with Crippen molar-refractivity contribution >= 4 is 0 Å². The summed E-state index contributed by atoms with van der Waals surface area (Å²) in [5, 5.41) is 9.69. The van der Waals surface area contributed by atoms with Crippen molar-refractivity contribution in [1.29, 1.82) is 0 Å². The van der Waals surface area contributed by atoms with Crippen molar-refractivity contribution in [3.8, 4) is 0 Å². The van der Waals surface area contributed by atoms with Crippen LogP contribution in [0, 0.1) is 11.3 Å². The first-order valence-electron chi connectivity index (χ1n) is 7.55. The zero-order valence-electron chi connectivity index (χ0n) is 12.2. The molecule has 0 aromatic carbocycles. The van der Waals surface area contributed by atoms with Gasteiger partial charge in [-0.05, 0) is 56.3 Å². The lowest BCUT2D eigenvalue weighted by atomic mass is 9.67. The van der Waals surface area contributed by atoms with E-state index in [1.165, 1.54) is 31.3 Å². The van der Waals surface area contributed by atoms with Crippen molar-refractivity contribution in [2.24, 2.45) is 11.3 Å². The number of aliphatic hydroxyl groups excluding tert-OH is 1. The Balaban J connectivity index is 2.06. The van der Waals surface area contributed by atoms with Crippen molar-refractivity contribution < 1.29 is 5.11 Å². The van der Waals surface area contributed by atoms with E-state index in [1.54, 1.807) is 5.57 Å². The van der Waals surface area contributed by atoms with Gasteiger partial charge in [0, 0.05) is 0 Å². The third kappa shape index (κ3) is 3.26. The van der Waals surface area contributed by atoms with Gasteiger partial charge in [0.25, 0.3) is 0 Å². The maximum absolute atomic E-state index is 9.69. The second kappa shape index (κ2) is 5.61. The zero-order chi connectivity index (χ0) is 13.2. The average Bonchev–Trinajstić information content (AvgIpc) is 2.31. The highest BCUT2D eigenvalue weighted by Gasteiger charge is 2.31. The Bertz CT molecular complexity index is 349. The van der Waals surface area contributed by atoms with E-state index in [0.717, 1.165) is 19.3 Å². The van der Waals surface area contributed by atoms with Crippen LogP contribution in [0.3, 0.4) is 0 Å². The summed E-state index contributed by atoms with van der Waals surface area (Å²) in [7, 11) is 0. The molecule has 1 nitrogen and oxygen atoms in total. The molecule has 0 saturated heterocycles. The quantitative estimate of drug-likeness (QED) is 0.718. The molecule has 102 valence electrons. The molecule has 0 radical (unpaired) electrons. The molecule has 1 unspecified atom stereocenters. The Kier molecular flexibility index (Phi) is 4.32. The Hall–Kier alpha value is -0.560. The number of rotatable bonds is 1. The molecule has 1 N–H and O–H groups in total. The van der Waals surface area contributed by atoms with Gasteiger partial charge in [0.2, 0.25) is 0 Å². The minimum absolute atomic E-state index is 0.0939. The van der Waals surface area contributed by atoms with E-state index in [2.05, 4.69) is 32.9 Å². The molecule has 2 rings (SSSR count). The van der Waals surface area contributed by atoms with Crippen molar-refractivity contribution in [1.82, 2.24) is 0 Å². The molecule has 0 bridgehead atoms. The highest BCUT2D eigenvalue weighted by molar-refractivity contribution is 5.23. The maximum atomic E-state index is 9.69. The number of hydrogen-bond donors (Lipinski definition) is 1. The fourth-order valence-corrected chi connectivity index (χ4v) is 3.36. The van der Waals surface area contributed by atoms with E-state index in [-0.39, 0.29) is 6.10 Å². The first kappa shape index (κ1) is 13.9. The van der Waals surface area contributed by atoms with Crippen LogP contribution in [0.5, 0.6) is 0 Å². The van der Waals surface area contributed by atoms with Crippen LogP contribution in [-0.4, -0.2) is 11.2 Å². The molecule has 2 atom stereocenters. The Morgan fingerprint density at radius 1 is 1.17 bits per heavy atom. The van der Waals surface area contributed by atoms with Gasteiger partial charge in [-0.2, -0.15) is 0 Å². The summed E-state index contributed by atoms with van der Waals surface area (Å²) in [4.78, 5) is 0. The second-order valence-corrected chi connectivity index (χ2v) is 6.88.